The van der Waals surface area contributed by atoms with Gasteiger partial charge in [0.25, 0.3) is 5.78 Å². The van der Waals surface area contributed by atoms with E-state index in [1.165, 1.54) is 11.9 Å². The summed E-state index contributed by atoms with van der Waals surface area (Å²) in [7, 11) is 0. The highest BCUT2D eigenvalue weighted by molar-refractivity contribution is 5.42. The van der Waals surface area contributed by atoms with Crippen LogP contribution in [-0.2, 0) is 6.54 Å². The number of nitrogens with one attached hydrogen (secondary N) is 1. The van der Waals surface area contributed by atoms with Gasteiger partial charge in [0, 0.05) is 12.7 Å². The van der Waals surface area contributed by atoms with Gasteiger partial charge in [-0.25, -0.2) is 4.98 Å². The van der Waals surface area contributed by atoms with E-state index in [1.807, 2.05) is 24.3 Å². The monoisotopic (exact) mass is 225 g/mol. The van der Waals surface area contributed by atoms with Crippen LogP contribution in [-0.4, -0.2) is 19.6 Å². The molecule has 3 rings (SSSR count). The first-order valence-corrected chi connectivity index (χ1v) is 5.36. The summed E-state index contributed by atoms with van der Waals surface area (Å²) < 4.78 is 1.68. The Morgan fingerprint density at radius 1 is 1.06 bits per heavy atom. The molecule has 5 nitrogen and oxygen atoms in total. The van der Waals surface area contributed by atoms with Gasteiger partial charge in [0.2, 0.25) is 0 Å². The van der Waals surface area contributed by atoms with Crippen molar-refractivity contribution in [3.63, 3.8) is 0 Å². The summed E-state index contributed by atoms with van der Waals surface area (Å²) in [5.41, 5.74) is 1.22. The van der Waals surface area contributed by atoms with Gasteiger partial charge >= 0.3 is 0 Å². The summed E-state index contributed by atoms with van der Waals surface area (Å²) in [6.07, 6.45) is 3.22. The Morgan fingerprint density at radius 2 is 1.94 bits per heavy atom. The largest absolute Gasteiger partial charge is 0.366 e. The zero-order valence-electron chi connectivity index (χ0n) is 9.11. The van der Waals surface area contributed by atoms with E-state index >= 15 is 0 Å². The highest BCUT2D eigenvalue weighted by Crippen LogP contribution is 2.08. The zero-order chi connectivity index (χ0) is 11.5. The summed E-state index contributed by atoms with van der Waals surface area (Å²) in [6, 6.07) is 12.1. The Labute approximate surface area is 98.1 Å². The first-order valence-electron chi connectivity index (χ1n) is 5.36. The van der Waals surface area contributed by atoms with Gasteiger partial charge in [0.1, 0.15) is 12.1 Å². The molecule has 1 aromatic carbocycles. The summed E-state index contributed by atoms with van der Waals surface area (Å²) in [5.74, 6) is 1.49. The molecule has 3 aromatic rings. The van der Waals surface area contributed by atoms with Crippen LogP contribution in [0.4, 0.5) is 5.82 Å². The normalized spacial score (nSPS) is 10.6. The summed E-state index contributed by atoms with van der Waals surface area (Å²) in [6.45, 7) is 0.750. The van der Waals surface area contributed by atoms with Crippen LogP contribution in [0.1, 0.15) is 5.56 Å². The van der Waals surface area contributed by atoms with Crippen LogP contribution < -0.4 is 5.32 Å². The van der Waals surface area contributed by atoms with E-state index < -0.39 is 0 Å². The maximum atomic E-state index is 4.11. The van der Waals surface area contributed by atoms with Gasteiger partial charge in [-0.15, -0.1) is 0 Å². The molecule has 0 saturated heterocycles. The lowest BCUT2D eigenvalue weighted by atomic mass is 10.2. The minimum Gasteiger partial charge on any atom is -0.366 e. The number of rotatable bonds is 3. The van der Waals surface area contributed by atoms with Crippen LogP contribution >= 0.6 is 0 Å². The van der Waals surface area contributed by atoms with E-state index in [-0.39, 0.29) is 0 Å². The molecule has 0 amide bonds. The Balaban J connectivity index is 1.84. The minimum atomic E-state index is 0.600. The summed E-state index contributed by atoms with van der Waals surface area (Å²) in [5, 5.41) is 7.42. The van der Waals surface area contributed by atoms with Gasteiger partial charge in [0.15, 0.2) is 0 Å². The maximum absolute atomic E-state index is 4.11. The molecule has 0 saturated carbocycles. The summed E-state index contributed by atoms with van der Waals surface area (Å²) >= 11 is 0. The molecule has 5 heteroatoms. The first kappa shape index (κ1) is 9.77. The maximum Gasteiger partial charge on any atom is 0.254 e. The van der Waals surface area contributed by atoms with E-state index in [1.54, 1.807) is 10.7 Å². The molecule has 17 heavy (non-hydrogen) atoms. The molecule has 2 heterocycles. The predicted octanol–water partition coefficient (Wildman–Crippen LogP) is 1.74. The van der Waals surface area contributed by atoms with E-state index in [0.29, 0.717) is 5.78 Å². The van der Waals surface area contributed by atoms with E-state index in [4.69, 9.17) is 0 Å². The number of aromatic nitrogens is 4. The van der Waals surface area contributed by atoms with Crippen LogP contribution in [0.5, 0.6) is 0 Å². The second kappa shape index (κ2) is 4.21. The molecule has 0 aliphatic heterocycles. The number of hydrogen-bond acceptors (Lipinski definition) is 4. The molecule has 0 atom stereocenters. The molecular formula is C12H11N5. The predicted molar refractivity (Wildman–Crippen MR) is 64.6 cm³/mol. The standard InChI is InChI=1S/C12H11N5/c1-2-4-10(5-3-1)8-14-11-6-7-13-12-15-9-16-17(11)12/h1-7,9,14H,8H2. The fourth-order valence-corrected chi connectivity index (χ4v) is 1.66. The summed E-state index contributed by atoms with van der Waals surface area (Å²) in [4.78, 5) is 8.14. The van der Waals surface area contributed by atoms with Crippen LogP contribution in [0.2, 0.25) is 0 Å². The number of anilines is 1. The second-order valence-electron chi connectivity index (χ2n) is 3.64. The lowest BCUT2D eigenvalue weighted by Crippen LogP contribution is -2.05. The fourth-order valence-electron chi connectivity index (χ4n) is 1.66. The topological polar surface area (TPSA) is 55.1 Å². The average molecular weight is 225 g/mol. The van der Waals surface area contributed by atoms with Crippen molar-refractivity contribution >= 4 is 11.6 Å². The van der Waals surface area contributed by atoms with Crippen molar-refractivity contribution < 1.29 is 0 Å². The van der Waals surface area contributed by atoms with Crippen LogP contribution in [0, 0.1) is 0 Å². The van der Waals surface area contributed by atoms with Crippen molar-refractivity contribution in [1.29, 1.82) is 0 Å². The van der Waals surface area contributed by atoms with Crippen LogP contribution in [0.3, 0.4) is 0 Å². The molecule has 0 bridgehead atoms. The van der Waals surface area contributed by atoms with E-state index in [0.717, 1.165) is 12.4 Å². The fraction of sp³-hybridized carbons (Fsp3) is 0.0833. The van der Waals surface area contributed by atoms with E-state index in [2.05, 4.69) is 32.5 Å². The molecule has 0 aliphatic rings. The van der Waals surface area contributed by atoms with Crippen molar-refractivity contribution in [2.45, 2.75) is 6.54 Å². The van der Waals surface area contributed by atoms with Crippen LogP contribution in [0.15, 0.2) is 48.9 Å². The lowest BCUT2D eigenvalue weighted by molar-refractivity contribution is 0.925. The van der Waals surface area contributed by atoms with Gasteiger partial charge in [-0.3, -0.25) is 0 Å². The number of hydrogen-bond donors (Lipinski definition) is 1. The SMILES string of the molecule is c1ccc(CNc2ccnc3ncnn23)cc1. The van der Waals surface area contributed by atoms with Gasteiger partial charge in [-0.1, -0.05) is 30.3 Å². The smallest absolute Gasteiger partial charge is 0.254 e. The third-order valence-electron chi connectivity index (χ3n) is 2.50. The van der Waals surface area contributed by atoms with Crippen molar-refractivity contribution in [2.24, 2.45) is 0 Å². The van der Waals surface area contributed by atoms with Crippen LogP contribution in [0.25, 0.3) is 5.78 Å². The van der Waals surface area contributed by atoms with Crippen molar-refractivity contribution in [2.75, 3.05) is 5.32 Å². The van der Waals surface area contributed by atoms with Crippen molar-refractivity contribution in [1.82, 2.24) is 19.6 Å². The number of nitrogens with zero attached hydrogens (tertiary/aromatic N) is 4. The van der Waals surface area contributed by atoms with Gasteiger partial charge in [-0.2, -0.15) is 14.6 Å². The van der Waals surface area contributed by atoms with Gasteiger partial charge in [-0.05, 0) is 11.6 Å². The van der Waals surface area contributed by atoms with Gasteiger partial charge in [0.05, 0.1) is 0 Å². The molecule has 0 unspecified atom stereocenters. The lowest BCUT2D eigenvalue weighted by Gasteiger charge is -2.07. The Morgan fingerprint density at radius 3 is 2.82 bits per heavy atom. The Bertz CT molecular complexity index is 617. The number of benzene rings is 1. The van der Waals surface area contributed by atoms with Crippen molar-refractivity contribution in [3.05, 3.63) is 54.5 Å². The molecular weight excluding hydrogens is 214 g/mol. The molecule has 0 spiro atoms. The van der Waals surface area contributed by atoms with Gasteiger partial charge < -0.3 is 5.32 Å². The quantitative estimate of drug-likeness (QED) is 0.737. The van der Waals surface area contributed by atoms with Crippen molar-refractivity contribution in [3.8, 4) is 0 Å². The minimum absolute atomic E-state index is 0.600. The average Bonchev–Trinajstić information content (AvgIpc) is 2.86. The Kier molecular flexibility index (Phi) is 2.42. The molecule has 2 aromatic heterocycles. The molecule has 84 valence electrons. The molecule has 1 N–H and O–H groups in total. The van der Waals surface area contributed by atoms with E-state index in [9.17, 15) is 0 Å². The third-order valence-corrected chi connectivity index (χ3v) is 2.50. The molecule has 0 radical (unpaired) electrons. The zero-order valence-corrected chi connectivity index (χ0v) is 9.11. The first-order chi connectivity index (χ1) is 8.43. The number of fused-ring (bicyclic) bond motifs is 1. The Hall–Kier alpha value is -2.43. The second-order valence-corrected chi connectivity index (χ2v) is 3.64. The highest BCUT2D eigenvalue weighted by Gasteiger charge is 2.01. The third kappa shape index (κ3) is 1.94. The molecule has 0 fully saturated rings. The highest BCUT2D eigenvalue weighted by atomic mass is 15.3. The molecule has 0 aliphatic carbocycles.